The summed E-state index contributed by atoms with van der Waals surface area (Å²) in [5.74, 6) is -0.0364. The monoisotopic (exact) mass is 231 g/mol. The van der Waals surface area contributed by atoms with E-state index in [0.717, 1.165) is 11.1 Å². The molecular weight excluding hydrogens is 222 g/mol. The average molecular weight is 232 g/mol. The van der Waals surface area contributed by atoms with Crippen LogP contribution in [-0.2, 0) is 0 Å². The number of benzene rings is 1. The van der Waals surface area contributed by atoms with E-state index in [1.165, 1.54) is 6.92 Å². The van der Waals surface area contributed by atoms with Gasteiger partial charge in [-0.3, -0.25) is 9.78 Å². The molecule has 0 aliphatic rings. The van der Waals surface area contributed by atoms with Crippen molar-refractivity contribution in [2.24, 2.45) is 0 Å². The number of Topliss-reactive ketones (excluding diaryl/α,β-unsaturated/α-hetero) is 1. The molecular formula is C13H10ClNO. The van der Waals surface area contributed by atoms with Gasteiger partial charge in [0.05, 0.1) is 0 Å². The Hall–Kier alpha value is -1.67. The molecule has 2 aromatic rings. The third-order valence-electron chi connectivity index (χ3n) is 2.31. The highest BCUT2D eigenvalue weighted by Crippen LogP contribution is 2.26. The lowest BCUT2D eigenvalue weighted by Crippen LogP contribution is -1.95. The Labute approximate surface area is 98.9 Å². The molecule has 0 aliphatic carbocycles. The third-order valence-corrected chi connectivity index (χ3v) is 2.64. The molecule has 80 valence electrons. The summed E-state index contributed by atoms with van der Waals surface area (Å²) >= 11 is 6.07. The highest BCUT2D eigenvalue weighted by Gasteiger charge is 2.04. The number of halogens is 1. The van der Waals surface area contributed by atoms with Crippen molar-refractivity contribution >= 4 is 17.4 Å². The van der Waals surface area contributed by atoms with Crippen molar-refractivity contribution < 1.29 is 4.79 Å². The molecule has 1 aromatic heterocycles. The first-order chi connectivity index (χ1) is 7.68. The molecule has 2 nitrogen and oxygen atoms in total. The molecule has 0 spiro atoms. The summed E-state index contributed by atoms with van der Waals surface area (Å²) in [7, 11) is 0. The summed E-state index contributed by atoms with van der Waals surface area (Å²) in [4.78, 5) is 15.2. The molecule has 0 fully saturated rings. The highest BCUT2D eigenvalue weighted by molar-refractivity contribution is 6.33. The van der Waals surface area contributed by atoms with Crippen LogP contribution in [0.25, 0.3) is 11.1 Å². The van der Waals surface area contributed by atoms with E-state index in [-0.39, 0.29) is 5.78 Å². The van der Waals surface area contributed by atoms with Crippen LogP contribution in [0.4, 0.5) is 0 Å². The van der Waals surface area contributed by atoms with E-state index in [2.05, 4.69) is 4.98 Å². The van der Waals surface area contributed by atoms with Gasteiger partial charge in [-0.25, -0.2) is 0 Å². The van der Waals surface area contributed by atoms with Crippen molar-refractivity contribution in [1.82, 2.24) is 4.98 Å². The number of aromatic nitrogens is 1. The number of hydrogen-bond donors (Lipinski definition) is 0. The van der Waals surface area contributed by atoms with Crippen LogP contribution < -0.4 is 0 Å². The minimum absolute atomic E-state index is 0.0364. The predicted octanol–water partition coefficient (Wildman–Crippen LogP) is 3.60. The van der Waals surface area contributed by atoms with Gasteiger partial charge < -0.3 is 0 Å². The van der Waals surface area contributed by atoms with Crippen LogP contribution in [0.5, 0.6) is 0 Å². The predicted molar refractivity (Wildman–Crippen MR) is 64.7 cm³/mol. The summed E-state index contributed by atoms with van der Waals surface area (Å²) in [6.45, 7) is 1.50. The first kappa shape index (κ1) is 10.8. The first-order valence-corrected chi connectivity index (χ1v) is 5.28. The van der Waals surface area contributed by atoms with Crippen LogP contribution in [-0.4, -0.2) is 10.8 Å². The maximum atomic E-state index is 11.1. The van der Waals surface area contributed by atoms with Crippen molar-refractivity contribution in [2.45, 2.75) is 6.92 Å². The van der Waals surface area contributed by atoms with Gasteiger partial charge >= 0.3 is 0 Å². The van der Waals surface area contributed by atoms with Gasteiger partial charge in [-0.2, -0.15) is 0 Å². The van der Waals surface area contributed by atoms with Gasteiger partial charge in [0.2, 0.25) is 0 Å². The Morgan fingerprint density at radius 3 is 2.50 bits per heavy atom. The van der Waals surface area contributed by atoms with E-state index in [1.54, 1.807) is 12.3 Å². The normalized spacial score (nSPS) is 10.1. The van der Waals surface area contributed by atoms with Crippen LogP contribution >= 0.6 is 11.6 Å². The minimum atomic E-state index is -0.0364. The van der Waals surface area contributed by atoms with Crippen LogP contribution in [0.2, 0.25) is 5.02 Å². The largest absolute Gasteiger partial charge is 0.293 e. The molecule has 0 amide bonds. The summed E-state index contributed by atoms with van der Waals surface area (Å²) in [6, 6.07) is 11.1. The SMILES string of the molecule is CC(=O)c1ccc(-c2ccccc2Cl)cn1. The fourth-order valence-electron chi connectivity index (χ4n) is 1.46. The zero-order valence-electron chi connectivity index (χ0n) is 8.77. The maximum absolute atomic E-state index is 11.1. The molecule has 0 bridgehead atoms. The van der Waals surface area contributed by atoms with E-state index < -0.39 is 0 Å². The third kappa shape index (κ3) is 2.12. The zero-order chi connectivity index (χ0) is 11.5. The molecule has 2 rings (SSSR count). The fraction of sp³-hybridized carbons (Fsp3) is 0.0769. The Balaban J connectivity index is 2.43. The Kier molecular flexibility index (Phi) is 3.02. The Morgan fingerprint density at radius 1 is 1.19 bits per heavy atom. The molecule has 0 radical (unpaired) electrons. The van der Waals surface area contributed by atoms with Crippen LogP contribution in [0.1, 0.15) is 17.4 Å². The second-order valence-electron chi connectivity index (χ2n) is 3.47. The molecule has 0 saturated carbocycles. The zero-order valence-corrected chi connectivity index (χ0v) is 9.53. The number of rotatable bonds is 2. The van der Waals surface area contributed by atoms with Gasteiger partial charge in [-0.1, -0.05) is 35.9 Å². The van der Waals surface area contributed by atoms with E-state index in [1.807, 2.05) is 30.3 Å². The molecule has 0 saturated heterocycles. The van der Waals surface area contributed by atoms with Crippen molar-refractivity contribution in [3.8, 4) is 11.1 Å². The molecule has 1 aromatic carbocycles. The second-order valence-corrected chi connectivity index (χ2v) is 3.88. The summed E-state index contributed by atoms with van der Waals surface area (Å²) in [5.41, 5.74) is 2.30. The van der Waals surface area contributed by atoms with Gasteiger partial charge in [0.1, 0.15) is 5.69 Å². The quantitative estimate of drug-likeness (QED) is 0.739. The lowest BCUT2D eigenvalue weighted by molar-refractivity contribution is 0.101. The lowest BCUT2D eigenvalue weighted by Gasteiger charge is -2.03. The number of carbonyl (C=O) groups is 1. The number of nitrogens with zero attached hydrogens (tertiary/aromatic N) is 1. The van der Waals surface area contributed by atoms with E-state index in [0.29, 0.717) is 10.7 Å². The summed E-state index contributed by atoms with van der Waals surface area (Å²) in [5, 5.41) is 0.680. The smallest absolute Gasteiger partial charge is 0.178 e. The topological polar surface area (TPSA) is 30.0 Å². The van der Waals surface area contributed by atoms with E-state index >= 15 is 0 Å². The number of hydrogen-bond acceptors (Lipinski definition) is 2. The lowest BCUT2D eigenvalue weighted by atomic mass is 10.1. The molecule has 0 aliphatic heterocycles. The van der Waals surface area contributed by atoms with Crippen molar-refractivity contribution in [1.29, 1.82) is 0 Å². The van der Waals surface area contributed by atoms with Crippen LogP contribution in [0.15, 0.2) is 42.6 Å². The van der Waals surface area contributed by atoms with Gasteiger partial charge in [0.25, 0.3) is 0 Å². The van der Waals surface area contributed by atoms with E-state index in [4.69, 9.17) is 11.6 Å². The molecule has 0 atom stereocenters. The van der Waals surface area contributed by atoms with Crippen molar-refractivity contribution in [3.05, 3.63) is 53.3 Å². The highest BCUT2D eigenvalue weighted by atomic mass is 35.5. The fourth-order valence-corrected chi connectivity index (χ4v) is 1.70. The van der Waals surface area contributed by atoms with Crippen molar-refractivity contribution in [2.75, 3.05) is 0 Å². The van der Waals surface area contributed by atoms with Crippen LogP contribution in [0, 0.1) is 0 Å². The van der Waals surface area contributed by atoms with Gasteiger partial charge in [-0.15, -0.1) is 0 Å². The minimum Gasteiger partial charge on any atom is -0.293 e. The number of pyridine rings is 1. The van der Waals surface area contributed by atoms with Crippen LogP contribution in [0.3, 0.4) is 0 Å². The number of ketones is 1. The van der Waals surface area contributed by atoms with Gasteiger partial charge in [0, 0.05) is 29.3 Å². The molecule has 0 unspecified atom stereocenters. The van der Waals surface area contributed by atoms with Gasteiger partial charge in [0.15, 0.2) is 5.78 Å². The standard InChI is InChI=1S/C13H10ClNO/c1-9(16)13-7-6-10(8-15-13)11-4-2-3-5-12(11)14/h2-8H,1H3. The van der Waals surface area contributed by atoms with Gasteiger partial charge in [-0.05, 0) is 12.1 Å². The van der Waals surface area contributed by atoms with E-state index in [9.17, 15) is 4.79 Å². The average Bonchev–Trinajstić information content (AvgIpc) is 2.30. The summed E-state index contributed by atoms with van der Waals surface area (Å²) in [6.07, 6.45) is 1.66. The maximum Gasteiger partial charge on any atom is 0.178 e. The first-order valence-electron chi connectivity index (χ1n) is 4.90. The summed E-state index contributed by atoms with van der Waals surface area (Å²) < 4.78 is 0. The molecule has 3 heteroatoms. The Morgan fingerprint density at radius 2 is 1.94 bits per heavy atom. The molecule has 0 N–H and O–H groups in total. The molecule has 16 heavy (non-hydrogen) atoms. The number of carbonyl (C=O) groups excluding carboxylic acids is 1. The van der Waals surface area contributed by atoms with Crippen molar-refractivity contribution in [3.63, 3.8) is 0 Å². The Bertz CT molecular complexity index is 520. The second kappa shape index (κ2) is 4.45. The molecule has 1 heterocycles.